The van der Waals surface area contributed by atoms with Gasteiger partial charge in [0, 0.05) is 27.1 Å². The Kier molecular flexibility index (Phi) is 5.95. The fourth-order valence-corrected chi connectivity index (χ4v) is 4.36. The Balaban J connectivity index is 1.78. The van der Waals surface area contributed by atoms with Gasteiger partial charge in [0.1, 0.15) is 5.57 Å². The molecule has 162 valence electrons. The smallest absolute Gasteiger partial charge is 0.270 e. The quantitative estimate of drug-likeness (QED) is 0.302. The van der Waals surface area contributed by atoms with Gasteiger partial charge in [-0.25, -0.2) is 0 Å². The van der Waals surface area contributed by atoms with Crippen molar-refractivity contribution in [2.45, 2.75) is 20.8 Å². The molecule has 3 aromatic rings. The van der Waals surface area contributed by atoms with Crippen LogP contribution >= 0.6 is 35.4 Å². The third kappa shape index (κ3) is 3.86. The molecule has 0 spiro atoms. The fraction of sp³-hybridized carbons (Fsp3) is 0.125. The zero-order valence-electron chi connectivity index (χ0n) is 17.6. The molecule has 0 bridgehead atoms. The first-order valence-electron chi connectivity index (χ1n) is 9.80. The molecule has 1 aliphatic rings. The number of benzene rings is 2. The number of hydrogen-bond acceptors (Lipinski definition) is 3. The molecule has 0 unspecified atom stereocenters. The van der Waals surface area contributed by atoms with Gasteiger partial charge in [0.05, 0.1) is 5.69 Å². The van der Waals surface area contributed by atoms with E-state index in [-0.39, 0.29) is 10.7 Å². The maximum Gasteiger partial charge on any atom is 0.270 e. The lowest BCUT2D eigenvalue weighted by Crippen LogP contribution is -2.54. The van der Waals surface area contributed by atoms with Crippen LogP contribution in [0.3, 0.4) is 0 Å². The molecular formula is C24H19Cl2N3O2S. The molecule has 1 fully saturated rings. The monoisotopic (exact) mass is 483 g/mol. The number of carbonyl (C=O) groups is 2. The SMILES string of the molecule is Cc1c(Cl)cccc1N1C(=O)/C(=C\c2cc(C)n(-c3ccc(Cl)cc3)c2C)C(=O)NC1=S. The Morgan fingerprint density at radius 3 is 2.38 bits per heavy atom. The van der Waals surface area contributed by atoms with Crippen molar-refractivity contribution in [3.05, 3.63) is 86.7 Å². The molecule has 4 rings (SSSR count). The van der Waals surface area contributed by atoms with Gasteiger partial charge in [0.25, 0.3) is 11.8 Å². The first-order valence-corrected chi connectivity index (χ1v) is 11.0. The van der Waals surface area contributed by atoms with E-state index in [0.717, 1.165) is 22.6 Å². The van der Waals surface area contributed by atoms with Gasteiger partial charge in [-0.2, -0.15) is 0 Å². The summed E-state index contributed by atoms with van der Waals surface area (Å²) in [7, 11) is 0. The predicted octanol–water partition coefficient (Wildman–Crippen LogP) is 5.54. The summed E-state index contributed by atoms with van der Waals surface area (Å²) in [4.78, 5) is 27.4. The number of halogens is 2. The van der Waals surface area contributed by atoms with E-state index in [1.54, 1.807) is 31.2 Å². The van der Waals surface area contributed by atoms with Crippen molar-refractivity contribution in [2.75, 3.05) is 4.90 Å². The van der Waals surface area contributed by atoms with Crippen LogP contribution < -0.4 is 10.2 Å². The topological polar surface area (TPSA) is 54.3 Å². The number of carbonyl (C=O) groups excluding carboxylic acids is 2. The van der Waals surface area contributed by atoms with Crippen molar-refractivity contribution in [1.82, 2.24) is 9.88 Å². The minimum atomic E-state index is -0.535. The van der Waals surface area contributed by atoms with Crippen molar-refractivity contribution in [2.24, 2.45) is 0 Å². The molecule has 32 heavy (non-hydrogen) atoms. The highest BCUT2D eigenvalue weighted by molar-refractivity contribution is 7.80. The lowest BCUT2D eigenvalue weighted by Gasteiger charge is -2.30. The molecule has 1 saturated heterocycles. The number of rotatable bonds is 3. The second-order valence-electron chi connectivity index (χ2n) is 7.48. The predicted molar refractivity (Wildman–Crippen MR) is 133 cm³/mol. The average molecular weight is 484 g/mol. The van der Waals surface area contributed by atoms with Crippen LogP contribution in [0.15, 0.2) is 54.1 Å². The number of nitrogens with zero attached hydrogens (tertiary/aromatic N) is 2. The second-order valence-corrected chi connectivity index (χ2v) is 8.71. The van der Waals surface area contributed by atoms with Gasteiger partial charge < -0.3 is 4.57 Å². The van der Waals surface area contributed by atoms with Crippen molar-refractivity contribution in [1.29, 1.82) is 0 Å². The first kappa shape index (κ1) is 22.3. The Bertz CT molecular complexity index is 1310. The summed E-state index contributed by atoms with van der Waals surface area (Å²) >= 11 is 17.6. The Hall–Kier alpha value is -2.93. The lowest BCUT2D eigenvalue weighted by atomic mass is 10.1. The molecule has 1 N–H and O–H groups in total. The van der Waals surface area contributed by atoms with Crippen LogP contribution in [-0.2, 0) is 9.59 Å². The molecule has 1 aliphatic heterocycles. The molecule has 5 nitrogen and oxygen atoms in total. The molecule has 2 aromatic carbocycles. The van der Waals surface area contributed by atoms with Gasteiger partial charge in [-0.15, -0.1) is 0 Å². The summed E-state index contributed by atoms with van der Waals surface area (Å²) in [6, 6.07) is 14.6. The van der Waals surface area contributed by atoms with E-state index in [2.05, 4.69) is 5.32 Å². The standard InChI is InChI=1S/C24H19Cl2N3O2S/c1-13-11-16(15(3)28(13)18-9-7-17(25)8-10-18)12-19-22(30)27-24(32)29(23(19)31)21-6-4-5-20(26)14(21)2/h4-12H,1-3H3,(H,27,30,32)/b19-12-. The number of aromatic nitrogens is 1. The molecular weight excluding hydrogens is 465 g/mol. The van der Waals surface area contributed by atoms with Crippen molar-refractivity contribution < 1.29 is 9.59 Å². The Labute approximate surface area is 201 Å². The van der Waals surface area contributed by atoms with Crippen molar-refractivity contribution >= 4 is 64.1 Å². The maximum atomic E-state index is 13.4. The van der Waals surface area contributed by atoms with Gasteiger partial charge in [-0.3, -0.25) is 19.8 Å². The highest BCUT2D eigenvalue weighted by Gasteiger charge is 2.35. The van der Waals surface area contributed by atoms with Crippen LogP contribution in [0.2, 0.25) is 10.0 Å². The van der Waals surface area contributed by atoms with Gasteiger partial charge in [0.15, 0.2) is 5.11 Å². The molecule has 2 amide bonds. The highest BCUT2D eigenvalue weighted by Crippen LogP contribution is 2.30. The van der Waals surface area contributed by atoms with E-state index in [1.165, 1.54) is 4.90 Å². The van der Waals surface area contributed by atoms with Crippen LogP contribution in [0.25, 0.3) is 11.8 Å². The van der Waals surface area contributed by atoms with Crippen molar-refractivity contribution in [3.8, 4) is 5.69 Å². The largest absolute Gasteiger partial charge is 0.318 e. The Morgan fingerprint density at radius 2 is 1.69 bits per heavy atom. The van der Waals surface area contributed by atoms with E-state index in [1.807, 2.05) is 48.7 Å². The fourth-order valence-electron chi connectivity index (χ4n) is 3.79. The van der Waals surface area contributed by atoms with Crippen LogP contribution in [0.1, 0.15) is 22.5 Å². The zero-order chi connectivity index (χ0) is 23.2. The summed E-state index contributed by atoms with van der Waals surface area (Å²) < 4.78 is 2.04. The molecule has 1 aromatic heterocycles. The third-order valence-corrected chi connectivity index (χ3v) is 6.38. The minimum absolute atomic E-state index is 0.00525. The van der Waals surface area contributed by atoms with Crippen LogP contribution in [0.5, 0.6) is 0 Å². The molecule has 0 aliphatic carbocycles. The van der Waals surface area contributed by atoms with E-state index >= 15 is 0 Å². The van der Waals surface area contributed by atoms with E-state index in [0.29, 0.717) is 21.3 Å². The van der Waals surface area contributed by atoms with Crippen LogP contribution in [0, 0.1) is 20.8 Å². The third-order valence-electron chi connectivity index (χ3n) is 5.44. The number of aryl methyl sites for hydroxylation is 1. The molecule has 2 heterocycles. The molecule has 0 radical (unpaired) electrons. The van der Waals surface area contributed by atoms with E-state index < -0.39 is 11.8 Å². The van der Waals surface area contributed by atoms with E-state index in [4.69, 9.17) is 35.4 Å². The first-order chi connectivity index (χ1) is 15.2. The summed E-state index contributed by atoms with van der Waals surface area (Å²) in [6.07, 6.45) is 1.60. The minimum Gasteiger partial charge on any atom is -0.318 e. The number of hydrogen-bond donors (Lipinski definition) is 1. The molecule has 0 atom stereocenters. The van der Waals surface area contributed by atoms with Gasteiger partial charge in [-0.1, -0.05) is 29.3 Å². The maximum absolute atomic E-state index is 13.4. The summed E-state index contributed by atoms with van der Waals surface area (Å²) in [6.45, 7) is 5.69. The molecule has 8 heteroatoms. The van der Waals surface area contributed by atoms with Crippen LogP contribution in [0.4, 0.5) is 5.69 Å². The van der Waals surface area contributed by atoms with Gasteiger partial charge in [0.2, 0.25) is 0 Å². The highest BCUT2D eigenvalue weighted by atomic mass is 35.5. The normalized spacial score (nSPS) is 15.5. The Morgan fingerprint density at radius 1 is 1.00 bits per heavy atom. The van der Waals surface area contributed by atoms with Gasteiger partial charge in [-0.05, 0) is 92.7 Å². The summed E-state index contributed by atoms with van der Waals surface area (Å²) in [5, 5.41) is 3.80. The number of nitrogens with one attached hydrogen (secondary N) is 1. The number of amides is 2. The lowest BCUT2D eigenvalue weighted by molar-refractivity contribution is -0.122. The number of thiocarbonyl (C=S) groups is 1. The van der Waals surface area contributed by atoms with Crippen molar-refractivity contribution in [3.63, 3.8) is 0 Å². The summed E-state index contributed by atoms with van der Waals surface area (Å²) in [5.74, 6) is -1.03. The summed E-state index contributed by atoms with van der Waals surface area (Å²) in [5.41, 5.74) is 4.76. The molecule has 0 saturated carbocycles. The van der Waals surface area contributed by atoms with E-state index in [9.17, 15) is 9.59 Å². The average Bonchev–Trinajstić information content (AvgIpc) is 3.02. The zero-order valence-corrected chi connectivity index (χ0v) is 19.9. The second kappa shape index (κ2) is 8.54. The van der Waals surface area contributed by atoms with Gasteiger partial charge >= 0.3 is 0 Å². The van der Waals surface area contributed by atoms with Crippen LogP contribution in [-0.4, -0.2) is 21.5 Å². The number of anilines is 1.